The third kappa shape index (κ3) is 75.2. The summed E-state index contributed by atoms with van der Waals surface area (Å²) in [5.41, 5.74) is -2.44. The van der Waals surface area contributed by atoms with Crippen LogP contribution in [0.15, 0.2) is 0 Å². The van der Waals surface area contributed by atoms with Crippen LogP contribution in [0.1, 0.15) is 187 Å². The van der Waals surface area contributed by atoms with Crippen LogP contribution in [0.4, 0.5) is 0 Å². The lowest BCUT2D eigenvalue weighted by molar-refractivity contribution is -0.242. The summed E-state index contributed by atoms with van der Waals surface area (Å²) in [6, 6.07) is 0. The Morgan fingerprint density at radius 2 is 0.554 bits per heavy atom. The molecule has 0 spiro atoms. The normalized spacial score (nSPS) is 15.9. The molecule has 0 amide bonds. The lowest BCUT2D eigenvalue weighted by Gasteiger charge is -2.35. The molecule has 0 aliphatic heterocycles. The number of rotatable bonds is 8. The summed E-state index contributed by atoms with van der Waals surface area (Å²) in [6.07, 6.45) is 0. The van der Waals surface area contributed by atoms with Gasteiger partial charge in [-0.2, -0.15) is 0 Å². The maximum atomic E-state index is 11.3. The Hall–Kier alpha value is 0.290. The summed E-state index contributed by atoms with van der Waals surface area (Å²) < 4.78 is 67.9. The molecule has 0 aliphatic rings. The van der Waals surface area contributed by atoms with Crippen molar-refractivity contribution < 1.29 is 60.5 Å². The highest BCUT2D eigenvalue weighted by Gasteiger charge is 2.26. The van der Waals surface area contributed by atoms with Crippen molar-refractivity contribution in [2.24, 2.45) is 16.2 Å². The fraction of sp³-hybridized carbons (Fsp3) is 1.00. The van der Waals surface area contributed by atoms with E-state index in [4.69, 9.17) is 27.6 Å². The minimum absolute atomic E-state index is 0.00722. The van der Waals surface area contributed by atoms with E-state index in [9.17, 15) is 28.4 Å². The first-order chi connectivity index (χ1) is 23.4. The van der Waals surface area contributed by atoms with Gasteiger partial charge in [0.15, 0.2) is 0 Å². The van der Waals surface area contributed by atoms with Crippen molar-refractivity contribution in [2.45, 2.75) is 221 Å². The lowest BCUT2D eigenvalue weighted by atomic mass is 9.98. The van der Waals surface area contributed by atoms with Gasteiger partial charge in [-0.3, -0.25) is 9.13 Å². The number of hydrogen-bond donors (Lipinski definition) is 0. The summed E-state index contributed by atoms with van der Waals surface area (Å²) in [5.74, 6) is 0. The van der Waals surface area contributed by atoms with Gasteiger partial charge in [-0.1, -0.05) is 62.3 Å². The third-order valence-electron chi connectivity index (χ3n) is 4.13. The van der Waals surface area contributed by atoms with Gasteiger partial charge < -0.3 is 51.3 Å². The molecular formula is C40H90O13P3-3. The van der Waals surface area contributed by atoms with E-state index in [1.807, 2.05) is 20.8 Å². The standard InChI is InChI=1S/C9H21O4P.2C9H20O.C8H19O4P.C5H13O3P/c1-8(2,3)7-12-14(10,11)13-9(4,5)6;2*1-8(2,3)7-10-9(4,5)6;1-7(2,3)11-13(9,10)12-8(4,5)6;1-5(2,3)8-9(4,6)7/h7H2,1-6H3,(H,10,11);2*7H2,1-6H3;1-6H3,(H,9,10);1-4H3,(H,6,7)/p-3. The maximum Gasteiger partial charge on any atom is 0.268 e. The summed E-state index contributed by atoms with van der Waals surface area (Å²) in [7, 11) is -11.9. The summed E-state index contributed by atoms with van der Waals surface area (Å²) in [4.78, 5) is 33.0. The van der Waals surface area contributed by atoms with Gasteiger partial charge in [-0.15, -0.1) is 0 Å². The monoisotopic (exact) mass is 872 g/mol. The van der Waals surface area contributed by atoms with Gasteiger partial charge in [0, 0.05) is 6.66 Å². The smallest absolute Gasteiger partial charge is 0.268 e. The van der Waals surface area contributed by atoms with Crippen molar-refractivity contribution in [3.05, 3.63) is 0 Å². The molecule has 0 aromatic carbocycles. The molecule has 13 nitrogen and oxygen atoms in total. The summed E-state index contributed by atoms with van der Waals surface area (Å²) >= 11 is 0. The van der Waals surface area contributed by atoms with Crippen molar-refractivity contribution in [3.63, 3.8) is 0 Å². The first kappa shape index (κ1) is 65.4. The Morgan fingerprint density at radius 1 is 0.339 bits per heavy atom. The van der Waals surface area contributed by atoms with Crippen molar-refractivity contribution in [2.75, 3.05) is 26.5 Å². The van der Waals surface area contributed by atoms with Crippen LogP contribution in [-0.4, -0.2) is 60.1 Å². The van der Waals surface area contributed by atoms with Gasteiger partial charge in [0.1, 0.15) is 7.60 Å². The molecule has 0 radical (unpaired) electrons. The zero-order valence-electron chi connectivity index (χ0n) is 41.3. The van der Waals surface area contributed by atoms with E-state index < -0.39 is 45.6 Å². The van der Waals surface area contributed by atoms with Crippen molar-refractivity contribution in [3.8, 4) is 0 Å². The van der Waals surface area contributed by atoms with Gasteiger partial charge in [-0.25, -0.2) is 0 Å². The lowest BCUT2D eigenvalue weighted by Crippen LogP contribution is -2.27. The zero-order valence-corrected chi connectivity index (χ0v) is 44.0. The molecular weight excluding hydrogens is 781 g/mol. The van der Waals surface area contributed by atoms with E-state index in [-0.39, 0.29) is 34.1 Å². The molecule has 0 saturated heterocycles. The molecule has 0 aromatic heterocycles. The van der Waals surface area contributed by atoms with E-state index in [2.05, 4.69) is 87.6 Å². The number of phosphoric acid groups is 2. The predicted molar refractivity (Wildman–Crippen MR) is 228 cm³/mol. The second-order valence-electron chi connectivity index (χ2n) is 23.2. The Kier molecular flexibility index (Phi) is 28.1. The second kappa shape index (κ2) is 24.1. The first-order valence-corrected chi connectivity index (χ1v) is 24.0. The molecule has 0 N–H and O–H groups in total. The zero-order chi connectivity index (χ0) is 47.1. The van der Waals surface area contributed by atoms with E-state index in [1.54, 1.807) is 83.1 Å². The van der Waals surface area contributed by atoms with Crippen molar-refractivity contribution in [1.29, 1.82) is 0 Å². The highest BCUT2D eigenvalue weighted by molar-refractivity contribution is 7.50. The van der Waals surface area contributed by atoms with Crippen molar-refractivity contribution in [1.82, 2.24) is 0 Å². The Balaban J connectivity index is -0.000000196. The quantitative estimate of drug-likeness (QED) is 0.210. The molecule has 0 heterocycles. The second-order valence-corrected chi connectivity index (χ2v) is 27.6. The van der Waals surface area contributed by atoms with Crippen molar-refractivity contribution >= 4 is 23.2 Å². The van der Waals surface area contributed by atoms with Crippen LogP contribution in [-0.2, 0) is 45.8 Å². The largest absolute Gasteiger partial charge is 0.779 e. The van der Waals surface area contributed by atoms with Gasteiger partial charge in [-0.05, 0) is 141 Å². The molecule has 16 heteroatoms. The average molecular weight is 872 g/mol. The topological polar surface area (TPSA) is 185 Å². The first-order valence-electron chi connectivity index (χ1n) is 19.1. The van der Waals surface area contributed by atoms with Gasteiger partial charge in [0.25, 0.3) is 15.6 Å². The SMILES string of the molecule is CC(C)(C)COC(C)(C)C.CC(C)(C)COC(C)(C)C.CC(C)(C)COP(=O)([O-])OC(C)(C)C.CC(C)(C)OP(=O)([O-])OC(C)(C)C.CC(C)(C)OP(C)(=O)[O-]. The van der Waals surface area contributed by atoms with Gasteiger partial charge >= 0.3 is 0 Å². The Labute approximate surface area is 346 Å². The maximum absolute atomic E-state index is 11.3. The fourth-order valence-electron chi connectivity index (χ4n) is 2.69. The van der Waals surface area contributed by atoms with E-state index in [1.165, 1.54) is 0 Å². The van der Waals surface area contributed by atoms with Crippen LogP contribution in [0, 0.1) is 16.2 Å². The molecule has 0 fully saturated rings. The summed E-state index contributed by atoms with van der Waals surface area (Å²) in [6.45, 7) is 54.1. The predicted octanol–water partition coefficient (Wildman–Crippen LogP) is 11.1. The highest BCUT2D eigenvalue weighted by atomic mass is 31.2. The van der Waals surface area contributed by atoms with E-state index in [0.717, 1.165) is 19.9 Å². The number of ether oxygens (including phenoxy) is 2. The summed E-state index contributed by atoms with van der Waals surface area (Å²) in [5, 5.41) is 0. The minimum Gasteiger partial charge on any atom is -0.779 e. The van der Waals surface area contributed by atoms with E-state index in [0.29, 0.717) is 0 Å². The average Bonchev–Trinajstić information content (AvgIpc) is 2.73. The van der Waals surface area contributed by atoms with Crippen LogP contribution in [0.3, 0.4) is 0 Å². The van der Waals surface area contributed by atoms with Crippen LogP contribution in [0.25, 0.3) is 0 Å². The number of hydrogen-bond acceptors (Lipinski definition) is 13. The number of phosphoric ester groups is 2. The highest BCUT2D eigenvalue weighted by Crippen LogP contribution is 2.46. The van der Waals surface area contributed by atoms with Crippen LogP contribution in [0.5, 0.6) is 0 Å². The Bertz CT molecular complexity index is 1110. The molecule has 56 heavy (non-hydrogen) atoms. The minimum atomic E-state index is -4.19. The van der Waals surface area contributed by atoms with Crippen LogP contribution < -0.4 is 14.7 Å². The molecule has 2 atom stereocenters. The fourth-order valence-corrected chi connectivity index (χ4v) is 6.33. The van der Waals surface area contributed by atoms with E-state index >= 15 is 0 Å². The molecule has 346 valence electrons. The van der Waals surface area contributed by atoms with Crippen LogP contribution >= 0.6 is 23.2 Å². The van der Waals surface area contributed by atoms with Gasteiger partial charge in [0.2, 0.25) is 0 Å². The van der Waals surface area contributed by atoms with Gasteiger partial charge in [0.05, 0.1) is 53.4 Å². The van der Waals surface area contributed by atoms with Crippen LogP contribution in [0.2, 0.25) is 0 Å². The molecule has 0 bridgehead atoms. The molecule has 0 aromatic rings. The Morgan fingerprint density at radius 3 is 0.679 bits per heavy atom. The third-order valence-corrected chi connectivity index (χ3v) is 7.77. The molecule has 0 saturated carbocycles. The molecule has 0 rings (SSSR count). The molecule has 2 unspecified atom stereocenters. The molecule has 0 aliphatic carbocycles.